The molecule has 0 spiro atoms. The molecule has 0 unspecified atom stereocenters. The average molecular weight is 599 g/mol. The van der Waals surface area contributed by atoms with Crippen LogP contribution in [0.5, 0.6) is 5.75 Å². The molecule has 2 aromatic carbocycles. The van der Waals surface area contributed by atoms with Gasteiger partial charge in [-0.1, -0.05) is 18.2 Å². The largest absolute Gasteiger partial charge is 0.491 e. The number of rotatable bonds is 6. The fourth-order valence-corrected chi connectivity index (χ4v) is 6.35. The second-order valence-electron chi connectivity index (χ2n) is 12.1. The highest BCUT2D eigenvalue weighted by molar-refractivity contribution is 6.09. The minimum atomic E-state index is -1.31. The van der Waals surface area contributed by atoms with E-state index in [2.05, 4.69) is 27.0 Å². The molecule has 0 saturated carbocycles. The second-order valence-corrected chi connectivity index (χ2v) is 12.1. The molecule has 5 heterocycles. The number of ether oxygens (including phenoxy) is 2. The van der Waals surface area contributed by atoms with Crippen molar-refractivity contribution in [1.82, 2.24) is 14.9 Å². The molecule has 0 atom stereocenters. The molecule has 0 aliphatic carbocycles. The lowest BCUT2D eigenvalue weighted by Crippen LogP contribution is -2.50. The van der Waals surface area contributed by atoms with Crippen LogP contribution in [-0.4, -0.2) is 76.5 Å². The number of fused-ring (bicyclic) bond motifs is 2. The minimum absolute atomic E-state index is 0.0909. The Labute approximate surface area is 254 Å². The number of amides is 1. The summed E-state index contributed by atoms with van der Waals surface area (Å²) in [4.78, 5) is 25.8. The number of anilines is 1. The molecule has 3 aliphatic heterocycles. The summed E-state index contributed by atoms with van der Waals surface area (Å²) in [6, 6.07) is 12.7. The molecule has 7 rings (SSSR count). The molecular weight excluding hydrogens is 563 g/mol. The first-order valence-corrected chi connectivity index (χ1v) is 15.0. The number of H-pyrrole nitrogens is 1. The Morgan fingerprint density at radius 3 is 2.68 bits per heavy atom. The number of nitrogens with one attached hydrogen (secondary N) is 1. The molecule has 2 aromatic heterocycles. The van der Waals surface area contributed by atoms with Crippen LogP contribution >= 0.6 is 0 Å². The third-order valence-corrected chi connectivity index (χ3v) is 8.94. The van der Waals surface area contributed by atoms with Gasteiger partial charge in [-0.25, -0.2) is 9.37 Å². The average Bonchev–Trinajstić information content (AvgIpc) is 3.34. The maximum Gasteiger partial charge on any atom is 0.265 e. The van der Waals surface area contributed by atoms with E-state index in [1.54, 1.807) is 26.1 Å². The molecular formula is C34H35FN4O5. The highest BCUT2D eigenvalue weighted by atomic mass is 19.1. The normalized spacial score (nSPS) is 18.1. The Bertz CT molecular complexity index is 1790. The first-order chi connectivity index (χ1) is 21.2. The lowest BCUT2D eigenvalue weighted by molar-refractivity contribution is -0.0612. The number of aliphatic hydroxyl groups excluding tert-OH is 1. The van der Waals surface area contributed by atoms with Crippen LogP contribution in [0.15, 0.2) is 54.7 Å². The second kappa shape index (κ2) is 11.1. The monoisotopic (exact) mass is 598 g/mol. The number of aromatic amines is 1. The van der Waals surface area contributed by atoms with Crippen molar-refractivity contribution in [3.8, 4) is 16.9 Å². The van der Waals surface area contributed by atoms with Crippen LogP contribution in [0, 0.1) is 5.82 Å². The van der Waals surface area contributed by atoms with Crippen LogP contribution in [-0.2, 0) is 16.9 Å². The Morgan fingerprint density at radius 1 is 1.14 bits per heavy atom. The van der Waals surface area contributed by atoms with Gasteiger partial charge < -0.3 is 29.6 Å². The first kappa shape index (κ1) is 28.7. The van der Waals surface area contributed by atoms with Gasteiger partial charge in [0.1, 0.15) is 29.4 Å². The third kappa shape index (κ3) is 4.97. The smallest absolute Gasteiger partial charge is 0.265 e. The lowest BCUT2D eigenvalue weighted by atomic mass is 9.95. The zero-order valence-electron chi connectivity index (χ0n) is 24.8. The topological polar surface area (TPSA) is 111 Å². The first-order valence-electron chi connectivity index (χ1n) is 15.0. The Balaban J connectivity index is 1.25. The van der Waals surface area contributed by atoms with E-state index in [0.29, 0.717) is 22.9 Å². The van der Waals surface area contributed by atoms with Crippen molar-refractivity contribution < 1.29 is 28.9 Å². The van der Waals surface area contributed by atoms with Crippen LogP contribution in [0.25, 0.3) is 27.7 Å². The summed E-state index contributed by atoms with van der Waals surface area (Å²) in [6.07, 6.45) is 4.92. The van der Waals surface area contributed by atoms with Crippen LogP contribution in [0.1, 0.15) is 47.4 Å². The van der Waals surface area contributed by atoms with Gasteiger partial charge in [-0.2, -0.15) is 0 Å². The van der Waals surface area contributed by atoms with Crippen LogP contribution in [0.3, 0.4) is 0 Å². The SMILES string of the molecule is CC(C)(O)c1cc(F)c2c(c1)OCCN(c1cccc(-c3ccnc4[nH]c(C5=CCN(C6COC6)CC5)cc34)c1CO)C2=O. The summed E-state index contributed by atoms with van der Waals surface area (Å²) in [5, 5.41) is 22.0. The van der Waals surface area contributed by atoms with Crippen LogP contribution in [0.2, 0.25) is 0 Å². The van der Waals surface area contributed by atoms with E-state index in [1.165, 1.54) is 22.6 Å². The molecule has 0 radical (unpaired) electrons. The number of aliphatic hydroxyl groups is 2. The molecule has 1 saturated heterocycles. The summed E-state index contributed by atoms with van der Waals surface area (Å²) in [5.74, 6) is -1.25. The highest BCUT2D eigenvalue weighted by Gasteiger charge is 2.32. The summed E-state index contributed by atoms with van der Waals surface area (Å²) in [6.45, 7) is 6.49. The van der Waals surface area contributed by atoms with E-state index >= 15 is 4.39 Å². The fourth-order valence-electron chi connectivity index (χ4n) is 6.35. The van der Waals surface area contributed by atoms with E-state index in [9.17, 15) is 15.0 Å². The Morgan fingerprint density at radius 2 is 1.98 bits per heavy atom. The number of carbonyl (C=O) groups is 1. The van der Waals surface area contributed by atoms with Gasteiger partial charge >= 0.3 is 0 Å². The van der Waals surface area contributed by atoms with Crippen molar-refractivity contribution in [3.05, 3.63) is 82.9 Å². The molecule has 4 aromatic rings. The van der Waals surface area contributed by atoms with Crippen molar-refractivity contribution >= 4 is 28.2 Å². The molecule has 9 nitrogen and oxygen atoms in total. The maximum absolute atomic E-state index is 15.4. The van der Waals surface area contributed by atoms with Gasteiger partial charge in [0.2, 0.25) is 0 Å². The van der Waals surface area contributed by atoms with Crippen molar-refractivity contribution in [3.63, 3.8) is 0 Å². The van der Waals surface area contributed by atoms with Crippen molar-refractivity contribution in [2.75, 3.05) is 44.4 Å². The lowest BCUT2D eigenvalue weighted by Gasteiger charge is -2.38. The molecule has 1 fully saturated rings. The zero-order valence-corrected chi connectivity index (χ0v) is 24.8. The van der Waals surface area contributed by atoms with Crippen molar-refractivity contribution in [2.45, 2.75) is 38.5 Å². The van der Waals surface area contributed by atoms with Crippen molar-refractivity contribution in [1.29, 1.82) is 0 Å². The number of halogens is 1. The molecule has 10 heteroatoms. The highest BCUT2D eigenvalue weighted by Crippen LogP contribution is 2.39. The minimum Gasteiger partial charge on any atom is -0.491 e. The van der Waals surface area contributed by atoms with Gasteiger partial charge in [0.15, 0.2) is 0 Å². The summed E-state index contributed by atoms with van der Waals surface area (Å²) in [5.41, 5.74) is 4.46. The number of benzene rings is 2. The van der Waals surface area contributed by atoms with E-state index in [1.807, 2.05) is 18.2 Å². The predicted molar refractivity (Wildman–Crippen MR) is 165 cm³/mol. The number of pyridine rings is 1. The standard InChI is InChI=1S/C34H35FN4O5/c1-34(2,42)21-14-27(35)31-30(15-21)44-13-12-39(33(31)41)29-5-3-4-23(26(29)17-40)24-6-9-36-32-25(24)16-28(37-32)20-7-10-38(11-8-20)22-18-43-19-22/h3-7,9,14-16,22,40,42H,8,10-13,17-19H2,1-2H3,(H,36,37). The van der Waals surface area contributed by atoms with E-state index in [-0.39, 0.29) is 31.1 Å². The molecule has 0 bridgehead atoms. The molecule has 44 heavy (non-hydrogen) atoms. The van der Waals surface area contributed by atoms with Gasteiger partial charge in [-0.15, -0.1) is 0 Å². The summed E-state index contributed by atoms with van der Waals surface area (Å²) in [7, 11) is 0. The Hall–Kier alpha value is -4.09. The molecule has 1 amide bonds. The fraction of sp³-hybridized carbons (Fsp3) is 0.353. The van der Waals surface area contributed by atoms with Crippen LogP contribution < -0.4 is 9.64 Å². The number of nitrogens with zero attached hydrogens (tertiary/aromatic N) is 3. The van der Waals surface area contributed by atoms with Gasteiger partial charge in [-0.05, 0) is 72.9 Å². The number of hydrogen-bond acceptors (Lipinski definition) is 7. The molecule has 3 aliphatic rings. The van der Waals surface area contributed by atoms with E-state index in [0.717, 1.165) is 60.6 Å². The number of hydrogen-bond donors (Lipinski definition) is 3. The number of carbonyl (C=O) groups excluding carboxylic acids is 1. The van der Waals surface area contributed by atoms with Gasteiger partial charge in [0, 0.05) is 35.9 Å². The maximum atomic E-state index is 15.4. The van der Waals surface area contributed by atoms with Gasteiger partial charge in [0.05, 0.1) is 43.7 Å². The summed E-state index contributed by atoms with van der Waals surface area (Å²) < 4.78 is 26.6. The number of aromatic nitrogens is 2. The van der Waals surface area contributed by atoms with E-state index < -0.39 is 17.3 Å². The van der Waals surface area contributed by atoms with E-state index in [4.69, 9.17) is 9.47 Å². The van der Waals surface area contributed by atoms with Gasteiger partial charge in [-0.3, -0.25) is 9.69 Å². The van der Waals surface area contributed by atoms with Crippen LogP contribution in [0.4, 0.5) is 10.1 Å². The third-order valence-electron chi connectivity index (χ3n) is 8.94. The van der Waals surface area contributed by atoms with Gasteiger partial charge in [0.25, 0.3) is 5.91 Å². The molecule has 228 valence electrons. The Kier molecular flexibility index (Phi) is 7.25. The van der Waals surface area contributed by atoms with Crippen molar-refractivity contribution in [2.24, 2.45) is 0 Å². The predicted octanol–water partition coefficient (Wildman–Crippen LogP) is 4.62. The zero-order chi connectivity index (χ0) is 30.6. The molecule has 3 N–H and O–H groups in total. The summed E-state index contributed by atoms with van der Waals surface area (Å²) >= 11 is 0. The quantitative estimate of drug-likeness (QED) is 0.297.